The Morgan fingerprint density at radius 2 is 1.92 bits per heavy atom. The third kappa shape index (κ3) is 5.09. The van der Waals surface area contributed by atoms with Crippen LogP contribution in [0.1, 0.15) is 5.56 Å². The smallest absolute Gasteiger partial charge is 0.401 e. The molecule has 2 heterocycles. The van der Waals surface area contributed by atoms with Crippen molar-refractivity contribution in [3.05, 3.63) is 23.8 Å². The van der Waals surface area contributed by atoms with Gasteiger partial charge in [-0.2, -0.15) is 18.2 Å². The Kier molecular flexibility index (Phi) is 5.33. The Hall–Kier alpha value is -2.33. The zero-order chi connectivity index (χ0) is 18.7. The van der Waals surface area contributed by atoms with E-state index in [1.54, 1.807) is 18.2 Å². The summed E-state index contributed by atoms with van der Waals surface area (Å²) in [6.07, 6.45) is -4.19. The summed E-state index contributed by atoms with van der Waals surface area (Å²) in [7, 11) is 0. The van der Waals surface area contributed by atoms with E-state index in [9.17, 15) is 18.0 Å². The van der Waals surface area contributed by atoms with E-state index in [0.29, 0.717) is 37.6 Å². The first kappa shape index (κ1) is 18.5. The molecule has 0 atom stereocenters. The number of nitrogens with one attached hydrogen (secondary N) is 1. The van der Waals surface area contributed by atoms with Crippen molar-refractivity contribution >= 4 is 23.3 Å². The van der Waals surface area contributed by atoms with Crippen LogP contribution in [0.15, 0.2) is 23.2 Å². The number of rotatable bonds is 4. The molecule has 0 radical (unpaired) electrons. The van der Waals surface area contributed by atoms with Crippen molar-refractivity contribution < 1.29 is 22.7 Å². The van der Waals surface area contributed by atoms with Gasteiger partial charge in [-0.25, -0.2) is 0 Å². The van der Waals surface area contributed by atoms with Crippen molar-refractivity contribution in [1.82, 2.24) is 9.80 Å². The van der Waals surface area contributed by atoms with Crippen LogP contribution in [0.2, 0.25) is 0 Å². The first-order valence-electron chi connectivity index (χ1n) is 8.20. The molecule has 142 valence electrons. The number of anilines is 1. The number of fused-ring (bicyclic) bond motifs is 1. The summed E-state index contributed by atoms with van der Waals surface area (Å²) in [5.41, 5.74) is 7.64. The number of piperazine rings is 1. The number of hydrogen-bond acceptors (Lipinski definition) is 6. The molecule has 10 heteroatoms. The number of amides is 1. The number of alkyl halides is 3. The normalized spacial score (nSPS) is 18.7. The molecule has 1 fully saturated rings. The van der Waals surface area contributed by atoms with Crippen molar-refractivity contribution in [2.45, 2.75) is 12.8 Å². The molecule has 3 N–H and O–H groups in total. The van der Waals surface area contributed by atoms with E-state index in [1.807, 2.05) is 4.90 Å². The highest BCUT2D eigenvalue weighted by atomic mass is 19.4. The topological polar surface area (TPSA) is 83.2 Å². The largest absolute Gasteiger partial charge is 0.460 e. The fourth-order valence-electron chi connectivity index (χ4n) is 2.95. The molecule has 26 heavy (non-hydrogen) atoms. The highest BCUT2D eigenvalue weighted by molar-refractivity contribution is 5.92. The summed E-state index contributed by atoms with van der Waals surface area (Å²) in [4.78, 5) is 19.4. The number of ether oxygens (including phenoxy) is 1. The van der Waals surface area contributed by atoms with Crippen LogP contribution in [0.5, 0.6) is 0 Å². The lowest BCUT2D eigenvalue weighted by Gasteiger charge is -2.34. The molecule has 0 spiro atoms. The van der Waals surface area contributed by atoms with Gasteiger partial charge in [-0.1, -0.05) is 0 Å². The maximum Gasteiger partial charge on any atom is 0.401 e. The standard InChI is InChI=1S/C16H20F3N5O2/c17-16(18,19)10-24-5-3-23(4-6-24)8-14(25)21-12-1-2-13-11(7-12)9-26-15(20)22-13/h1-2,7H,3-6,8-10H2,(H2,20,22)(H,21,25). The van der Waals surface area contributed by atoms with Gasteiger partial charge in [0.05, 0.1) is 18.8 Å². The van der Waals surface area contributed by atoms with Gasteiger partial charge in [-0.05, 0) is 18.2 Å². The minimum Gasteiger partial charge on any atom is -0.460 e. The summed E-state index contributed by atoms with van der Waals surface area (Å²) < 4.78 is 42.3. The van der Waals surface area contributed by atoms with Gasteiger partial charge in [0.25, 0.3) is 6.02 Å². The van der Waals surface area contributed by atoms with Gasteiger partial charge in [0, 0.05) is 37.4 Å². The minimum absolute atomic E-state index is 0.110. The first-order valence-corrected chi connectivity index (χ1v) is 8.20. The molecular formula is C16H20F3N5O2. The number of halogens is 3. The number of nitrogens with two attached hydrogens (primary N) is 1. The second kappa shape index (κ2) is 7.50. The summed E-state index contributed by atoms with van der Waals surface area (Å²) >= 11 is 0. The maximum absolute atomic E-state index is 12.4. The zero-order valence-electron chi connectivity index (χ0n) is 14.1. The Morgan fingerprint density at radius 3 is 2.62 bits per heavy atom. The number of hydrogen-bond donors (Lipinski definition) is 2. The second-order valence-corrected chi connectivity index (χ2v) is 6.30. The summed E-state index contributed by atoms with van der Waals surface area (Å²) in [5.74, 6) is -0.214. The van der Waals surface area contributed by atoms with E-state index in [1.165, 1.54) is 4.90 Å². The van der Waals surface area contributed by atoms with Crippen molar-refractivity contribution in [2.75, 3.05) is 44.6 Å². The third-order valence-electron chi connectivity index (χ3n) is 4.20. The molecule has 0 bridgehead atoms. The molecule has 2 aliphatic heterocycles. The summed E-state index contributed by atoms with van der Waals surface area (Å²) in [5, 5.41) is 2.79. The highest BCUT2D eigenvalue weighted by Crippen LogP contribution is 2.27. The molecule has 1 aromatic rings. The molecular weight excluding hydrogens is 351 g/mol. The van der Waals surface area contributed by atoms with Crippen LogP contribution in [0, 0.1) is 0 Å². The third-order valence-corrected chi connectivity index (χ3v) is 4.20. The van der Waals surface area contributed by atoms with Gasteiger partial charge in [0.1, 0.15) is 6.61 Å². The van der Waals surface area contributed by atoms with Crippen LogP contribution < -0.4 is 11.1 Å². The van der Waals surface area contributed by atoms with Crippen molar-refractivity contribution in [3.63, 3.8) is 0 Å². The van der Waals surface area contributed by atoms with Gasteiger partial charge in [-0.15, -0.1) is 0 Å². The van der Waals surface area contributed by atoms with E-state index in [2.05, 4.69) is 10.3 Å². The average Bonchev–Trinajstić information content (AvgIpc) is 2.55. The molecule has 7 nitrogen and oxygen atoms in total. The lowest BCUT2D eigenvalue weighted by Crippen LogP contribution is -2.50. The van der Waals surface area contributed by atoms with Crippen LogP contribution in [-0.4, -0.2) is 67.2 Å². The van der Waals surface area contributed by atoms with Gasteiger partial charge in [0.15, 0.2) is 0 Å². The van der Waals surface area contributed by atoms with Crippen LogP contribution >= 0.6 is 0 Å². The number of aliphatic imine (C=N–C) groups is 1. The zero-order valence-corrected chi connectivity index (χ0v) is 14.1. The van der Waals surface area contributed by atoms with Crippen LogP contribution in [0.3, 0.4) is 0 Å². The lowest BCUT2D eigenvalue weighted by molar-refractivity contribution is -0.149. The molecule has 0 aromatic heterocycles. The first-order chi connectivity index (χ1) is 12.3. The quantitative estimate of drug-likeness (QED) is 0.833. The molecule has 0 aliphatic carbocycles. The fourth-order valence-corrected chi connectivity index (χ4v) is 2.95. The highest BCUT2D eigenvalue weighted by Gasteiger charge is 2.32. The van der Waals surface area contributed by atoms with Crippen molar-refractivity contribution in [3.8, 4) is 0 Å². The Morgan fingerprint density at radius 1 is 1.23 bits per heavy atom. The van der Waals surface area contributed by atoms with E-state index in [4.69, 9.17) is 10.5 Å². The summed E-state index contributed by atoms with van der Waals surface area (Å²) in [6.45, 7) is 0.959. The van der Waals surface area contributed by atoms with Crippen LogP contribution in [-0.2, 0) is 16.1 Å². The van der Waals surface area contributed by atoms with E-state index < -0.39 is 12.7 Å². The number of nitrogens with zero attached hydrogens (tertiary/aromatic N) is 3. The maximum atomic E-state index is 12.4. The van der Waals surface area contributed by atoms with E-state index in [0.717, 1.165) is 5.56 Å². The molecule has 0 saturated carbocycles. The number of amidine groups is 1. The Labute approximate surface area is 148 Å². The SMILES string of the molecule is NC1=Nc2ccc(NC(=O)CN3CCN(CC(F)(F)F)CC3)cc2CO1. The predicted molar refractivity (Wildman–Crippen MR) is 90.1 cm³/mol. The van der Waals surface area contributed by atoms with Crippen LogP contribution in [0.25, 0.3) is 0 Å². The molecule has 2 aliphatic rings. The summed E-state index contributed by atoms with van der Waals surface area (Å²) in [6, 6.07) is 5.35. The average molecular weight is 371 g/mol. The minimum atomic E-state index is -4.19. The molecule has 1 amide bonds. The fraction of sp³-hybridized carbons (Fsp3) is 0.500. The van der Waals surface area contributed by atoms with Crippen LogP contribution in [0.4, 0.5) is 24.5 Å². The Bertz CT molecular complexity index is 700. The van der Waals surface area contributed by atoms with E-state index in [-0.39, 0.29) is 25.1 Å². The predicted octanol–water partition coefficient (Wildman–Crippen LogP) is 1.28. The number of carbonyl (C=O) groups is 1. The molecule has 3 rings (SSSR count). The lowest BCUT2D eigenvalue weighted by atomic mass is 10.1. The number of benzene rings is 1. The molecule has 1 aromatic carbocycles. The van der Waals surface area contributed by atoms with Crippen molar-refractivity contribution in [2.24, 2.45) is 10.7 Å². The second-order valence-electron chi connectivity index (χ2n) is 6.30. The van der Waals surface area contributed by atoms with Crippen molar-refractivity contribution in [1.29, 1.82) is 0 Å². The molecule has 0 unspecified atom stereocenters. The van der Waals surface area contributed by atoms with Gasteiger partial charge in [-0.3, -0.25) is 14.6 Å². The monoisotopic (exact) mass is 371 g/mol. The molecule has 1 saturated heterocycles. The van der Waals surface area contributed by atoms with E-state index >= 15 is 0 Å². The van der Waals surface area contributed by atoms with Gasteiger partial charge < -0.3 is 15.8 Å². The Balaban J connectivity index is 1.48. The number of carbonyl (C=O) groups excluding carboxylic acids is 1. The van der Waals surface area contributed by atoms with Gasteiger partial charge in [0.2, 0.25) is 5.91 Å². The van der Waals surface area contributed by atoms with Gasteiger partial charge >= 0.3 is 6.18 Å².